The molecule has 0 unspecified atom stereocenters. The zero-order valence-electron chi connectivity index (χ0n) is 18.6. The maximum absolute atomic E-state index is 13.2. The quantitative estimate of drug-likeness (QED) is 0.662. The molecule has 0 radical (unpaired) electrons. The van der Waals surface area contributed by atoms with Gasteiger partial charge in [-0.2, -0.15) is 4.31 Å². The number of carbonyl (C=O) groups excluding carboxylic acids is 2. The molecule has 0 aromatic heterocycles. The summed E-state index contributed by atoms with van der Waals surface area (Å²) in [6.07, 6.45) is 0.874. The van der Waals surface area contributed by atoms with E-state index in [1.165, 1.54) is 10.4 Å². The average Bonchev–Trinajstić information content (AvgIpc) is 2.81. The third-order valence-corrected chi connectivity index (χ3v) is 7.37. The monoisotopic (exact) mass is 459 g/mol. The summed E-state index contributed by atoms with van der Waals surface area (Å²) in [5, 5.41) is 5.60. The van der Waals surface area contributed by atoms with Crippen LogP contribution in [-0.2, 0) is 26.0 Å². The minimum atomic E-state index is -3.74. The van der Waals surface area contributed by atoms with E-state index in [1.807, 2.05) is 13.8 Å². The van der Waals surface area contributed by atoms with E-state index in [0.717, 1.165) is 5.56 Å². The molecule has 3 rings (SSSR count). The van der Waals surface area contributed by atoms with E-state index in [4.69, 9.17) is 4.74 Å². The summed E-state index contributed by atoms with van der Waals surface area (Å²) in [5.74, 6) is -0.549. The van der Waals surface area contributed by atoms with E-state index >= 15 is 0 Å². The number of sulfonamides is 1. The Balaban J connectivity index is 1.89. The summed E-state index contributed by atoms with van der Waals surface area (Å²) in [6.45, 7) is 6.77. The molecular weight excluding hydrogens is 430 g/mol. The normalized spacial score (nSPS) is 14.7. The molecule has 2 N–H and O–H groups in total. The van der Waals surface area contributed by atoms with Gasteiger partial charge in [0.15, 0.2) is 0 Å². The topological polar surface area (TPSA) is 105 Å². The average molecular weight is 460 g/mol. The molecular formula is C23H29N3O5S. The van der Waals surface area contributed by atoms with Crippen molar-refractivity contribution in [3.8, 4) is 0 Å². The number of ether oxygens (including phenoxy) is 1. The fraction of sp³-hybridized carbons (Fsp3) is 0.391. The largest absolute Gasteiger partial charge is 0.379 e. The number of rotatable bonds is 7. The van der Waals surface area contributed by atoms with Gasteiger partial charge in [-0.1, -0.05) is 26.0 Å². The highest BCUT2D eigenvalue weighted by atomic mass is 32.2. The summed E-state index contributed by atoms with van der Waals surface area (Å²) < 4.78 is 33.1. The lowest BCUT2D eigenvalue weighted by Gasteiger charge is -2.27. The first kappa shape index (κ1) is 23.9. The third-order valence-electron chi connectivity index (χ3n) is 5.39. The van der Waals surface area contributed by atoms with Gasteiger partial charge in [0, 0.05) is 36.4 Å². The first-order valence-electron chi connectivity index (χ1n) is 10.7. The van der Waals surface area contributed by atoms with Crippen molar-refractivity contribution in [1.82, 2.24) is 4.31 Å². The molecule has 0 bridgehead atoms. The van der Waals surface area contributed by atoms with Gasteiger partial charge in [-0.25, -0.2) is 8.42 Å². The van der Waals surface area contributed by atoms with Crippen molar-refractivity contribution in [1.29, 1.82) is 0 Å². The molecule has 1 fully saturated rings. The summed E-state index contributed by atoms with van der Waals surface area (Å²) in [7, 11) is -3.74. The number of aryl methyl sites for hydroxylation is 2. The van der Waals surface area contributed by atoms with Crippen LogP contribution in [0.15, 0.2) is 41.3 Å². The number of nitrogens with one attached hydrogen (secondary N) is 2. The molecule has 8 nitrogen and oxygen atoms in total. The van der Waals surface area contributed by atoms with Gasteiger partial charge in [0.2, 0.25) is 15.9 Å². The predicted molar refractivity (Wildman–Crippen MR) is 123 cm³/mol. The lowest BCUT2D eigenvalue weighted by Crippen LogP contribution is -2.41. The molecule has 1 heterocycles. The maximum Gasteiger partial charge on any atom is 0.255 e. The van der Waals surface area contributed by atoms with Crippen LogP contribution in [0.1, 0.15) is 41.8 Å². The van der Waals surface area contributed by atoms with Crippen molar-refractivity contribution in [3.63, 3.8) is 0 Å². The summed E-state index contributed by atoms with van der Waals surface area (Å²) in [5.41, 5.74) is 2.85. The van der Waals surface area contributed by atoms with E-state index in [0.29, 0.717) is 43.0 Å². The van der Waals surface area contributed by atoms with Gasteiger partial charge in [-0.15, -0.1) is 0 Å². The van der Waals surface area contributed by atoms with E-state index in [9.17, 15) is 18.0 Å². The molecule has 1 aliphatic rings. The number of anilines is 2. The van der Waals surface area contributed by atoms with E-state index < -0.39 is 15.9 Å². The minimum absolute atomic E-state index is 0.126. The molecule has 9 heteroatoms. The van der Waals surface area contributed by atoms with Crippen molar-refractivity contribution in [2.75, 3.05) is 36.9 Å². The summed E-state index contributed by atoms with van der Waals surface area (Å²) >= 11 is 0. The van der Waals surface area contributed by atoms with Gasteiger partial charge in [0.25, 0.3) is 5.91 Å². The molecule has 0 atom stereocenters. The number of carbonyl (C=O) groups is 2. The molecule has 0 spiro atoms. The zero-order valence-corrected chi connectivity index (χ0v) is 19.4. The highest BCUT2D eigenvalue weighted by Gasteiger charge is 2.29. The molecule has 0 saturated carbocycles. The molecule has 32 heavy (non-hydrogen) atoms. The Hall–Kier alpha value is -2.75. The Labute approximate surface area is 189 Å². The summed E-state index contributed by atoms with van der Waals surface area (Å²) in [6, 6.07) is 10.0. The first-order chi connectivity index (χ1) is 15.3. The van der Waals surface area contributed by atoms with Crippen LogP contribution in [0.2, 0.25) is 0 Å². The van der Waals surface area contributed by atoms with Crippen LogP contribution in [0.25, 0.3) is 0 Å². The van der Waals surface area contributed by atoms with Crippen LogP contribution >= 0.6 is 0 Å². The van der Waals surface area contributed by atoms with Gasteiger partial charge >= 0.3 is 0 Å². The molecule has 2 aromatic rings. The Kier molecular flexibility index (Phi) is 7.65. The summed E-state index contributed by atoms with van der Waals surface area (Å²) in [4.78, 5) is 24.8. The van der Waals surface area contributed by atoms with Crippen molar-refractivity contribution < 1.29 is 22.7 Å². The molecule has 0 aliphatic carbocycles. The fourth-order valence-electron chi connectivity index (χ4n) is 3.43. The van der Waals surface area contributed by atoms with Gasteiger partial charge in [0.05, 0.1) is 18.1 Å². The van der Waals surface area contributed by atoms with Crippen LogP contribution in [0.5, 0.6) is 0 Å². The Morgan fingerprint density at radius 1 is 1.03 bits per heavy atom. The van der Waals surface area contributed by atoms with E-state index in [1.54, 1.807) is 37.3 Å². The number of benzene rings is 2. The Morgan fingerprint density at radius 3 is 2.41 bits per heavy atom. The van der Waals surface area contributed by atoms with Crippen LogP contribution in [0, 0.1) is 6.92 Å². The van der Waals surface area contributed by atoms with Gasteiger partial charge < -0.3 is 15.4 Å². The number of hydrogen-bond donors (Lipinski definition) is 2. The van der Waals surface area contributed by atoms with Crippen molar-refractivity contribution in [3.05, 3.63) is 53.1 Å². The SMILES string of the molecule is CCC(=O)Nc1ccc(C)c(NC(=O)c2ccc(CC)c(S(=O)(=O)N3CCOCC3)c2)c1. The molecule has 172 valence electrons. The minimum Gasteiger partial charge on any atom is -0.379 e. The number of nitrogens with zero attached hydrogens (tertiary/aromatic N) is 1. The lowest BCUT2D eigenvalue weighted by molar-refractivity contribution is -0.115. The van der Waals surface area contributed by atoms with Gasteiger partial charge in [-0.05, 0) is 48.7 Å². The number of amides is 2. The van der Waals surface area contributed by atoms with Gasteiger partial charge in [0.1, 0.15) is 0 Å². The van der Waals surface area contributed by atoms with Crippen molar-refractivity contribution >= 4 is 33.2 Å². The molecule has 2 amide bonds. The van der Waals surface area contributed by atoms with Crippen molar-refractivity contribution in [2.45, 2.75) is 38.5 Å². The Bertz CT molecular complexity index is 1110. The van der Waals surface area contributed by atoms with Crippen LogP contribution in [-0.4, -0.2) is 50.8 Å². The molecule has 1 saturated heterocycles. The first-order valence-corrected chi connectivity index (χ1v) is 12.1. The highest BCUT2D eigenvalue weighted by molar-refractivity contribution is 7.89. The highest BCUT2D eigenvalue weighted by Crippen LogP contribution is 2.25. The lowest BCUT2D eigenvalue weighted by atomic mass is 10.1. The van der Waals surface area contributed by atoms with E-state index in [-0.39, 0.29) is 29.5 Å². The third kappa shape index (κ3) is 5.35. The van der Waals surface area contributed by atoms with Crippen molar-refractivity contribution in [2.24, 2.45) is 0 Å². The fourth-order valence-corrected chi connectivity index (χ4v) is 5.16. The van der Waals surface area contributed by atoms with Gasteiger partial charge in [-0.3, -0.25) is 9.59 Å². The second kappa shape index (κ2) is 10.2. The van der Waals surface area contributed by atoms with Crippen LogP contribution in [0.3, 0.4) is 0 Å². The number of hydrogen-bond acceptors (Lipinski definition) is 5. The maximum atomic E-state index is 13.2. The Morgan fingerprint density at radius 2 is 1.75 bits per heavy atom. The second-order valence-corrected chi connectivity index (χ2v) is 9.48. The molecule has 1 aliphatic heterocycles. The standard InChI is InChI=1S/C23H29N3O5S/c1-4-17-7-8-18(14-21(17)32(29,30)26-10-12-31-13-11-26)23(28)25-20-15-19(9-6-16(20)3)24-22(27)5-2/h6-9,14-15H,4-5,10-13H2,1-3H3,(H,24,27)(H,25,28). The second-order valence-electron chi connectivity index (χ2n) is 7.58. The molecule has 2 aromatic carbocycles. The van der Waals surface area contributed by atoms with Crippen LogP contribution in [0.4, 0.5) is 11.4 Å². The van der Waals surface area contributed by atoms with Crippen LogP contribution < -0.4 is 10.6 Å². The smallest absolute Gasteiger partial charge is 0.255 e. The zero-order chi connectivity index (χ0) is 23.3. The van der Waals surface area contributed by atoms with E-state index in [2.05, 4.69) is 10.6 Å². The predicted octanol–water partition coefficient (Wildman–Crippen LogP) is 3.18. The number of morpholine rings is 1.